The highest BCUT2D eigenvalue weighted by atomic mass is 16.5. The number of anilines is 1. The van der Waals surface area contributed by atoms with Gasteiger partial charge >= 0.3 is 0 Å². The number of rotatable bonds is 5. The van der Waals surface area contributed by atoms with Gasteiger partial charge in [0.1, 0.15) is 11.6 Å². The number of aromatic nitrogens is 4. The Morgan fingerprint density at radius 2 is 2.13 bits per heavy atom. The summed E-state index contributed by atoms with van der Waals surface area (Å²) in [7, 11) is 2.08. The van der Waals surface area contributed by atoms with E-state index in [-0.39, 0.29) is 0 Å². The molecule has 0 saturated carbocycles. The van der Waals surface area contributed by atoms with Crippen molar-refractivity contribution in [1.82, 2.24) is 20.2 Å². The molecule has 2 aromatic heterocycles. The maximum atomic E-state index is 5.49. The van der Waals surface area contributed by atoms with Crippen LogP contribution in [-0.2, 0) is 11.2 Å². The summed E-state index contributed by atoms with van der Waals surface area (Å²) in [6, 6.07) is 2.11. The Balaban J connectivity index is 1.72. The van der Waals surface area contributed by atoms with Crippen molar-refractivity contribution < 1.29 is 4.74 Å². The van der Waals surface area contributed by atoms with Gasteiger partial charge in [-0.25, -0.2) is 9.97 Å². The molecule has 1 unspecified atom stereocenters. The number of likely N-dealkylation sites (N-methyl/N-ethyl adjacent to an activating group) is 1. The minimum absolute atomic E-state index is 0.405. The maximum absolute atomic E-state index is 5.49. The molecule has 124 valence electrons. The molecule has 3 rings (SSSR count). The lowest BCUT2D eigenvalue weighted by atomic mass is 10.0. The Morgan fingerprint density at radius 1 is 1.30 bits per heavy atom. The molecule has 1 N–H and O–H groups in total. The average Bonchev–Trinajstić information content (AvgIpc) is 3.16. The standard InChI is InChI=1S/C17H25N5O/c1-11-15(12(2)21-20-11)5-7-22(4)17-9-16(18-13(3)19-17)14-6-8-23-10-14/h9,14H,5-8,10H2,1-4H3,(H,20,21). The third kappa shape index (κ3) is 3.52. The number of aromatic amines is 1. The molecule has 1 fully saturated rings. The van der Waals surface area contributed by atoms with Crippen LogP contribution in [0.1, 0.15) is 40.8 Å². The zero-order valence-corrected chi connectivity index (χ0v) is 14.4. The van der Waals surface area contributed by atoms with Crippen LogP contribution in [-0.4, -0.2) is 47.0 Å². The molecule has 1 saturated heterocycles. The largest absolute Gasteiger partial charge is 0.381 e. The average molecular weight is 315 g/mol. The molecular formula is C17H25N5O. The van der Waals surface area contributed by atoms with Crippen LogP contribution in [0.3, 0.4) is 0 Å². The summed E-state index contributed by atoms with van der Waals surface area (Å²) >= 11 is 0. The highest BCUT2D eigenvalue weighted by Crippen LogP contribution is 2.26. The van der Waals surface area contributed by atoms with Crippen molar-refractivity contribution in [2.75, 3.05) is 31.7 Å². The molecule has 0 aliphatic carbocycles. The molecule has 0 amide bonds. The van der Waals surface area contributed by atoms with E-state index >= 15 is 0 Å². The molecular weight excluding hydrogens is 290 g/mol. The fraction of sp³-hybridized carbons (Fsp3) is 0.588. The van der Waals surface area contributed by atoms with E-state index in [1.165, 1.54) is 5.56 Å². The maximum Gasteiger partial charge on any atom is 0.132 e. The van der Waals surface area contributed by atoms with E-state index in [1.54, 1.807) is 0 Å². The van der Waals surface area contributed by atoms with E-state index in [9.17, 15) is 0 Å². The Kier molecular flexibility index (Phi) is 4.61. The van der Waals surface area contributed by atoms with Crippen molar-refractivity contribution in [3.8, 4) is 0 Å². The number of hydrogen-bond acceptors (Lipinski definition) is 5. The first kappa shape index (κ1) is 15.9. The Labute approximate surface area is 137 Å². The zero-order valence-electron chi connectivity index (χ0n) is 14.4. The molecule has 0 aromatic carbocycles. The molecule has 0 spiro atoms. The second-order valence-electron chi connectivity index (χ2n) is 6.34. The summed E-state index contributed by atoms with van der Waals surface area (Å²) in [4.78, 5) is 11.4. The molecule has 1 aliphatic heterocycles. The van der Waals surface area contributed by atoms with Gasteiger partial charge in [-0.2, -0.15) is 5.10 Å². The Bertz CT molecular complexity index is 656. The highest BCUT2D eigenvalue weighted by molar-refractivity contribution is 5.40. The van der Waals surface area contributed by atoms with Crippen molar-refractivity contribution in [3.05, 3.63) is 34.5 Å². The second-order valence-corrected chi connectivity index (χ2v) is 6.34. The van der Waals surface area contributed by atoms with Gasteiger partial charge in [-0.05, 0) is 39.2 Å². The van der Waals surface area contributed by atoms with Gasteiger partial charge in [-0.3, -0.25) is 5.10 Å². The minimum atomic E-state index is 0.405. The normalized spacial score (nSPS) is 17.7. The molecule has 6 heteroatoms. The van der Waals surface area contributed by atoms with Crippen LogP contribution in [0, 0.1) is 20.8 Å². The van der Waals surface area contributed by atoms with Crippen LogP contribution in [0.4, 0.5) is 5.82 Å². The predicted octanol–water partition coefficient (Wildman–Crippen LogP) is 2.31. The Hall–Kier alpha value is -1.95. The van der Waals surface area contributed by atoms with Gasteiger partial charge in [-0.15, -0.1) is 0 Å². The highest BCUT2D eigenvalue weighted by Gasteiger charge is 2.21. The third-order valence-corrected chi connectivity index (χ3v) is 4.56. The number of nitrogens with one attached hydrogen (secondary N) is 1. The predicted molar refractivity (Wildman–Crippen MR) is 90.0 cm³/mol. The number of aryl methyl sites for hydroxylation is 3. The van der Waals surface area contributed by atoms with E-state index in [2.05, 4.69) is 45.1 Å². The number of ether oxygens (including phenoxy) is 1. The minimum Gasteiger partial charge on any atom is -0.381 e. The van der Waals surface area contributed by atoms with Crippen LogP contribution in [0.15, 0.2) is 6.07 Å². The molecule has 3 heterocycles. The van der Waals surface area contributed by atoms with Crippen molar-refractivity contribution in [2.45, 2.75) is 39.5 Å². The number of hydrogen-bond donors (Lipinski definition) is 1. The lowest BCUT2D eigenvalue weighted by molar-refractivity contribution is 0.193. The zero-order chi connectivity index (χ0) is 16.4. The van der Waals surface area contributed by atoms with E-state index in [0.29, 0.717) is 5.92 Å². The molecule has 2 aromatic rings. The van der Waals surface area contributed by atoms with Crippen molar-refractivity contribution in [2.24, 2.45) is 0 Å². The first-order chi connectivity index (χ1) is 11.0. The van der Waals surface area contributed by atoms with Crippen molar-refractivity contribution in [3.63, 3.8) is 0 Å². The van der Waals surface area contributed by atoms with Crippen LogP contribution >= 0.6 is 0 Å². The lowest BCUT2D eigenvalue weighted by Crippen LogP contribution is -2.23. The summed E-state index contributed by atoms with van der Waals surface area (Å²) in [5.74, 6) is 2.22. The molecule has 6 nitrogen and oxygen atoms in total. The first-order valence-electron chi connectivity index (χ1n) is 8.19. The summed E-state index contributed by atoms with van der Waals surface area (Å²) in [6.07, 6.45) is 2.00. The SMILES string of the molecule is Cc1nc(C2CCOC2)cc(N(C)CCc2c(C)n[nH]c2C)n1. The van der Waals surface area contributed by atoms with Crippen LogP contribution in [0.2, 0.25) is 0 Å². The molecule has 0 radical (unpaired) electrons. The topological polar surface area (TPSA) is 66.9 Å². The summed E-state index contributed by atoms with van der Waals surface area (Å²) in [6.45, 7) is 8.58. The fourth-order valence-electron chi connectivity index (χ4n) is 3.08. The number of nitrogens with zero attached hydrogens (tertiary/aromatic N) is 4. The van der Waals surface area contributed by atoms with Gasteiger partial charge in [0.05, 0.1) is 18.0 Å². The molecule has 0 bridgehead atoms. The smallest absolute Gasteiger partial charge is 0.132 e. The van der Waals surface area contributed by atoms with Crippen LogP contribution in [0.25, 0.3) is 0 Å². The first-order valence-corrected chi connectivity index (χ1v) is 8.19. The summed E-state index contributed by atoms with van der Waals surface area (Å²) in [5.41, 5.74) is 4.64. The summed E-state index contributed by atoms with van der Waals surface area (Å²) < 4.78 is 5.49. The van der Waals surface area contributed by atoms with Gasteiger partial charge < -0.3 is 9.64 Å². The van der Waals surface area contributed by atoms with Gasteiger partial charge in [0, 0.05) is 37.9 Å². The van der Waals surface area contributed by atoms with Crippen LogP contribution < -0.4 is 4.90 Å². The van der Waals surface area contributed by atoms with Crippen LogP contribution in [0.5, 0.6) is 0 Å². The van der Waals surface area contributed by atoms with E-state index in [4.69, 9.17) is 4.74 Å². The van der Waals surface area contributed by atoms with Gasteiger partial charge in [-0.1, -0.05) is 0 Å². The van der Waals surface area contributed by atoms with E-state index in [0.717, 1.165) is 61.3 Å². The lowest BCUT2D eigenvalue weighted by Gasteiger charge is -2.20. The van der Waals surface area contributed by atoms with E-state index < -0.39 is 0 Å². The second kappa shape index (κ2) is 6.66. The summed E-state index contributed by atoms with van der Waals surface area (Å²) in [5, 5.41) is 7.31. The van der Waals surface area contributed by atoms with Gasteiger partial charge in [0.2, 0.25) is 0 Å². The van der Waals surface area contributed by atoms with Crippen molar-refractivity contribution in [1.29, 1.82) is 0 Å². The van der Waals surface area contributed by atoms with E-state index in [1.807, 2.05) is 13.8 Å². The van der Waals surface area contributed by atoms with Gasteiger partial charge in [0.25, 0.3) is 0 Å². The Morgan fingerprint density at radius 3 is 2.78 bits per heavy atom. The quantitative estimate of drug-likeness (QED) is 0.917. The monoisotopic (exact) mass is 315 g/mol. The molecule has 1 atom stereocenters. The van der Waals surface area contributed by atoms with Gasteiger partial charge in [0.15, 0.2) is 0 Å². The molecule has 1 aliphatic rings. The fourth-order valence-corrected chi connectivity index (χ4v) is 3.08. The number of H-pyrrole nitrogens is 1. The third-order valence-electron chi connectivity index (χ3n) is 4.56. The molecule has 23 heavy (non-hydrogen) atoms. The van der Waals surface area contributed by atoms with Crippen molar-refractivity contribution >= 4 is 5.82 Å².